The Morgan fingerprint density at radius 1 is 1.33 bits per heavy atom. The first kappa shape index (κ1) is 15.1. The summed E-state index contributed by atoms with van der Waals surface area (Å²) in [6.07, 6.45) is 0.737. The van der Waals surface area contributed by atoms with Crippen molar-refractivity contribution in [2.75, 3.05) is 23.4 Å². The van der Waals surface area contributed by atoms with Crippen LogP contribution in [0.3, 0.4) is 0 Å². The molecule has 0 saturated carbocycles. The Kier molecular flexibility index (Phi) is 6.83. The van der Waals surface area contributed by atoms with Gasteiger partial charge in [-0.05, 0) is 35.8 Å². The molecule has 100 valence electrons. The predicted molar refractivity (Wildman–Crippen MR) is 78.2 cm³/mol. The van der Waals surface area contributed by atoms with E-state index in [0.29, 0.717) is 11.7 Å². The molecule has 0 aromatic heterocycles. The predicted octanol–water partition coefficient (Wildman–Crippen LogP) is 2.86. The monoisotopic (exact) mass is 267 g/mol. The Labute approximate surface area is 113 Å². The van der Waals surface area contributed by atoms with Gasteiger partial charge in [0.15, 0.2) is 0 Å². The van der Waals surface area contributed by atoms with Gasteiger partial charge in [-0.25, -0.2) is 0 Å². The molecule has 3 nitrogen and oxygen atoms in total. The highest BCUT2D eigenvalue weighted by molar-refractivity contribution is 7.99. The Morgan fingerprint density at radius 2 is 2.00 bits per heavy atom. The summed E-state index contributed by atoms with van der Waals surface area (Å²) < 4.78 is 0. The van der Waals surface area contributed by atoms with Crippen molar-refractivity contribution < 1.29 is 9.90 Å². The highest BCUT2D eigenvalue weighted by atomic mass is 32.2. The molecule has 1 aromatic rings. The lowest BCUT2D eigenvalue weighted by Gasteiger charge is -2.08. The van der Waals surface area contributed by atoms with Crippen LogP contribution in [0.4, 0.5) is 5.69 Å². The summed E-state index contributed by atoms with van der Waals surface area (Å²) in [5, 5.41) is 11.5. The first-order valence-corrected chi connectivity index (χ1v) is 7.37. The Hall–Kier alpha value is -1.00. The molecule has 0 aliphatic carbocycles. The van der Waals surface area contributed by atoms with Crippen LogP contribution >= 0.6 is 11.8 Å². The lowest BCUT2D eigenvalue weighted by molar-refractivity contribution is -0.113. The maximum atomic E-state index is 11.6. The number of anilines is 1. The fourth-order valence-corrected chi connectivity index (χ4v) is 2.22. The van der Waals surface area contributed by atoms with Gasteiger partial charge < -0.3 is 10.4 Å². The number of nitrogens with one attached hydrogen (secondary N) is 1. The number of amides is 1. The molecule has 0 fully saturated rings. The van der Waals surface area contributed by atoms with Crippen molar-refractivity contribution in [1.82, 2.24) is 0 Å². The molecule has 0 aliphatic heterocycles. The van der Waals surface area contributed by atoms with Gasteiger partial charge >= 0.3 is 0 Å². The summed E-state index contributed by atoms with van der Waals surface area (Å²) in [6, 6.07) is 7.95. The van der Waals surface area contributed by atoms with Crippen molar-refractivity contribution in [3.63, 3.8) is 0 Å². The Bertz CT molecular complexity index is 363. The van der Waals surface area contributed by atoms with Crippen LogP contribution in [0.5, 0.6) is 0 Å². The minimum atomic E-state index is 0.00948. The highest BCUT2D eigenvalue weighted by Gasteiger charge is 2.03. The normalized spacial score (nSPS) is 10.7. The molecule has 1 amide bonds. The number of aliphatic hydroxyl groups is 1. The van der Waals surface area contributed by atoms with Crippen LogP contribution < -0.4 is 5.32 Å². The van der Waals surface area contributed by atoms with Crippen molar-refractivity contribution in [2.24, 2.45) is 0 Å². The molecule has 0 aliphatic rings. The first-order valence-electron chi connectivity index (χ1n) is 6.22. The summed E-state index contributed by atoms with van der Waals surface area (Å²) in [5.41, 5.74) is 2.11. The van der Waals surface area contributed by atoms with E-state index in [1.165, 1.54) is 5.56 Å². The molecule has 0 unspecified atom stereocenters. The van der Waals surface area contributed by atoms with E-state index in [0.717, 1.165) is 17.9 Å². The van der Waals surface area contributed by atoms with Crippen LogP contribution in [-0.4, -0.2) is 29.1 Å². The van der Waals surface area contributed by atoms with Gasteiger partial charge in [-0.15, -0.1) is 0 Å². The average molecular weight is 267 g/mol. The second-order valence-electron chi connectivity index (χ2n) is 4.45. The van der Waals surface area contributed by atoms with E-state index in [-0.39, 0.29) is 12.5 Å². The van der Waals surface area contributed by atoms with Gasteiger partial charge in [-0.3, -0.25) is 4.79 Å². The van der Waals surface area contributed by atoms with E-state index >= 15 is 0 Å². The third-order valence-electron chi connectivity index (χ3n) is 2.54. The molecular formula is C14H21NO2S. The highest BCUT2D eigenvalue weighted by Crippen LogP contribution is 2.17. The molecule has 4 heteroatoms. The van der Waals surface area contributed by atoms with Gasteiger partial charge in [-0.2, -0.15) is 11.8 Å². The van der Waals surface area contributed by atoms with E-state index in [9.17, 15) is 4.79 Å². The summed E-state index contributed by atoms with van der Waals surface area (Å²) >= 11 is 1.54. The smallest absolute Gasteiger partial charge is 0.234 e. The zero-order valence-electron chi connectivity index (χ0n) is 11.0. The molecule has 0 heterocycles. The zero-order valence-corrected chi connectivity index (χ0v) is 11.8. The van der Waals surface area contributed by atoms with Crippen molar-refractivity contribution in [2.45, 2.75) is 26.2 Å². The minimum Gasteiger partial charge on any atom is -0.396 e. The van der Waals surface area contributed by atoms with Crippen molar-refractivity contribution in [3.05, 3.63) is 29.8 Å². The first-order chi connectivity index (χ1) is 8.63. The standard InChI is InChI=1S/C14H21NO2S/c1-11(2)12-4-6-13(7-5-12)15-14(17)10-18-9-3-8-16/h4-7,11,16H,3,8-10H2,1-2H3,(H,15,17). The molecule has 0 saturated heterocycles. The largest absolute Gasteiger partial charge is 0.396 e. The Balaban J connectivity index is 2.35. The van der Waals surface area contributed by atoms with Crippen molar-refractivity contribution in [1.29, 1.82) is 0 Å². The van der Waals surface area contributed by atoms with Crippen LogP contribution in [0, 0.1) is 0 Å². The van der Waals surface area contributed by atoms with Crippen LogP contribution in [0.15, 0.2) is 24.3 Å². The molecule has 0 bridgehead atoms. The van der Waals surface area contributed by atoms with Crippen LogP contribution in [0.25, 0.3) is 0 Å². The lowest BCUT2D eigenvalue weighted by Crippen LogP contribution is -2.14. The Morgan fingerprint density at radius 3 is 2.56 bits per heavy atom. The summed E-state index contributed by atoms with van der Waals surface area (Å²) in [5.74, 6) is 1.77. The van der Waals surface area contributed by atoms with Gasteiger partial charge in [-0.1, -0.05) is 26.0 Å². The van der Waals surface area contributed by atoms with E-state index < -0.39 is 0 Å². The fraction of sp³-hybridized carbons (Fsp3) is 0.500. The number of hydrogen-bond donors (Lipinski definition) is 2. The summed E-state index contributed by atoms with van der Waals surface area (Å²) in [4.78, 5) is 11.6. The molecule has 0 atom stereocenters. The number of carbonyl (C=O) groups is 1. The number of carbonyl (C=O) groups excluding carboxylic acids is 1. The van der Waals surface area contributed by atoms with E-state index in [2.05, 4.69) is 19.2 Å². The van der Waals surface area contributed by atoms with Crippen molar-refractivity contribution >= 4 is 23.4 Å². The number of thioether (sulfide) groups is 1. The second-order valence-corrected chi connectivity index (χ2v) is 5.56. The number of benzene rings is 1. The molecular weight excluding hydrogens is 246 g/mol. The second kappa shape index (κ2) is 8.16. The van der Waals surface area contributed by atoms with E-state index in [4.69, 9.17) is 5.11 Å². The topological polar surface area (TPSA) is 49.3 Å². The summed E-state index contributed by atoms with van der Waals surface area (Å²) in [6.45, 7) is 4.47. The molecule has 18 heavy (non-hydrogen) atoms. The van der Waals surface area contributed by atoms with Crippen molar-refractivity contribution in [3.8, 4) is 0 Å². The number of rotatable bonds is 7. The third kappa shape index (κ3) is 5.56. The van der Waals surface area contributed by atoms with E-state index in [1.807, 2.05) is 24.3 Å². The molecule has 1 aromatic carbocycles. The van der Waals surface area contributed by atoms with Gasteiger partial charge in [0.25, 0.3) is 0 Å². The molecule has 0 spiro atoms. The van der Waals surface area contributed by atoms with Crippen LogP contribution in [0.1, 0.15) is 31.7 Å². The minimum absolute atomic E-state index is 0.00948. The van der Waals surface area contributed by atoms with Crippen LogP contribution in [-0.2, 0) is 4.79 Å². The zero-order chi connectivity index (χ0) is 13.4. The maximum Gasteiger partial charge on any atom is 0.234 e. The van der Waals surface area contributed by atoms with Gasteiger partial charge in [0.2, 0.25) is 5.91 Å². The SMILES string of the molecule is CC(C)c1ccc(NC(=O)CSCCCO)cc1. The quantitative estimate of drug-likeness (QED) is 0.747. The average Bonchev–Trinajstić information content (AvgIpc) is 2.35. The van der Waals surface area contributed by atoms with Gasteiger partial charge in [0, 0.05) is 12.3 Å². The van der Waals surface area contributed by atoms with E-state index in [1.54, 1.807) is 11.8 Å². The van der Waals surface area contributed by atoms with Gasteiger partial charge in [0.1, 0.15) is 0 Å². The maximum absolute atomic E-state index is 11.6. The lowest BCUT2D eigenvalue weighted by atomic mass is 10.0. The molecule has 1 rings (SSSR count). The summed E-state index contributed by atoms with van der Waals surface area (Å²) in [7, 11) is 0. The number of hydrogen-bond acceptors (Lipinski definition) is 3. The molecule has 2 N–H and O–H groups in total. The van der Waals surface area contributed by atoms with Crippen LogP contribution in [0.2, 0.25) is 0 Å². The van der Waals surface area contributed by atoms with Gasteiger partial charge in [0.05, 0.1) is 5.75 Å². The number of aliphatic hydroxyl groups excluding tert-OH is 1. The third-order valence-corrected chi connectivity index (χ3v) is 3.58. The fourth-order valence-electron chi connectivity index (χ4n) is 1.48. The molecule has 0 radical (unpaired) electrons.